The van der Waals surface area contributed by atoms with Crippen LogP contribution in [-0.4, -0.2) is 31.1 Å². The number of benzene rings is 1. The molecule has 1 aliphatic carbocycles. The molecule has 1 aromatic rings. The largest absolute Gasteiger partial charge is 0.399 e. The monoisotopic (exact) mass is 247 g/mol. The van der Waals surface area contributed by atoms with Crippen LogP contribution < -0.4 is 11.1 Å². The van der Waals surface area contributed by atoms with Crippen LogP contribution in [0.3, 0.4) is 0 Å². The fourth-order valence-corrected chi connectivity index (χ4v) is 3.00. The Morgan fingerprint density at radius 3 is 2.44 bits per heavy atom. The predicted octanol–water partition coefficient (Wildman–Crippen LogP) is 2.86. The van der Waals surface area contributed by atoms with Gasteiger partial charge < -0.3 is 16.0 Å². The second-order valence-electron chi connectivity index (χ2n) is 5.81. The number of aryl methyl sites for hydroxylation is 1. The molecule has 1 aromatic carbocycles. The van der Waals surface area contributed by atoms with Gasteiger partial charge in [0.25, 0.3) is 0 Å². The van der Waals surface area contributed by atoms with Crippen molar-refractivity contribution in [3.63, 3.8) is 0 Å². The summed E-state index contributed by atoms with van der Waals surface area (Å²) in [5.41, 5.74) is 9.39. The third kappa shape index (κ3) is 2.78. The lowest BCUT2D eigenvalue weighted by Crippen LogP contribution is -2.47. The molecular formula is C15H25N3. The number of nitrogens with two attached hydrogens (primary N) is 1. The van der Waals surface area contributed by atoms with Crippen LogP contribution >= 0.6 is 0 Å². The molecule has 18 heavy (non-hydrogen) atoms. The highest BCUT2D eigenvalue weighted by atomic mass is 15.2. The van der Waals surface area contributed by atoms with E-state index in [-0.39, 0.29) is 0 Å². The number of hydrogen-bond acceptors (Lipinski definition) is 3. The van der Waals surface area contributed by atoms with Gasteiger partial charge in [-0.15, -0.1) is 0 Å². The van der Waals surface area contributed by atoms with E-state index in [1.807, 2.05) is 12.1 Å². The zero-order valence-electron chi connectivity index (χ0n) is 11.8. The average Bonchev–Trinajstić information content (AvgIpc) is 2.75. The van der Waals surface area contributed by atoms with E-state index >= 15 is 0 Å². The van der Waals surface area contributed by atoms with E-state index < -0.39 is 0 Å². The molecule has 0 spiro atoms. The van der Waals surface area contributed by atoms with E-state index in [1.54, 1.807) is 0 Å². The van der Waals surface area contributed by atoms with Gasteiger partial charge in [0, 0.05) is 23.5 Å². The first kappa shape index (κ1) is 13.2. The Bertz CT molecular complexity index is 386. The summed E-state index contributed by atoms with van der Waals surface area (Å²) in [6, 6.07) is 6.18. The lowest BCUT2D eigenvalue weighted by atomic mass is 9.96. The van der Waals surface area contributed by atoms with Crippen LogP contribution in [0.1, 0.15) is 31.2 Å². The van der Waals surface area contributed by atoms with E-state index in [2.05, 4.69) is 37.3 Å². The van der Waals surface area contributed by atoms with Crippen molar-refractivity contribution in [1.82, 2.24) is 4.90 Å². The molecule has 2 rings (SSSR count). The predicted molar refractivity (Wildman–Crippen MR) is 79.0 cm³/mol. The Morgan fingerprint density at radius 2 is 1.89 bits per heavy atom. The SMILES string of the molecule is Cc1cc(N)cc(NCC2(N(C)C)CCCC2)c1. The molecule has 3 heteroatoms. The maximum atomic E-state index is 5.89. The molecule has 1 saturated carbocycles. The minimum Gasteiger partial charge on any atom is -0.399 e. The Balaban J connectivity index is 2.05. The van der Waals surface area contributed by atoms with Gasteiger partial charge in [0.05, 0.1) is 0 Å². The molecule has 0 heterocycles. The van der Waals surface area contributed by atoms with Crippen LogP contribution in [0.25, 0.3) is 0 Å². The van der Waals surface area contributed by atoms with Crippen molar-refractivity contribution < 1.29 is 0 Å². The Labute approximate surface area is 110 Å². The first-order chi connectivity index (χ1) is 8.52. The number of anilines is 2. The van der Waals surface area contributed by atoms with Crippen molar-refractivity contribution in [2.75, 3.05) is 31.7 Å². The fraction of sp³-hybridized carbons (Fsp3) is 0.600. The number of rotatable bonds is 4. The van der Waals surface area contributed by atoms with Crippen molar-refractivity contribution in [1.29, 1.82) is 0 Å². The van der Waals surface area contributed by atoms with Gasteiger partial charge in [-0.05, 0) is 57.6 Å². The molecule has 0 unspecified atom stereocenters. The molecule has 0 bridgehead atoms. The molecule has 3 nitrogen and oxygen atoms in total. The second-order valence-corrected chi connectivity index (χ2v) is 5.81. The summed E-state index contributed by atoms with van der Waals surface area (Å²) in [5, 5.41) is 3.57. The highest BCUT2D eigenvalue weighted by Crippen LogP contribution is 2.34. The molecule has 0 radical (unpaired) electrons. The minimum absolute atomic E-state index is 0.318. The molecule has 0 saturated heterocycles. The molecule has 1 fully saturated rings. The van der Waals surface area contributed by atoms with Crippen molar-refractivity contribution in [2.45, 2.75) is 38.1 Å². The van der Waals surface area contributed by atoms with E-state index in [4.69, 9.17) is 5.73 Å². The Morgan fingerprint density at radius 1 is 1.22 bits per heavy atom. The number of nitrogen functional groups attached to an aromatic ring is 1. The van der Waals surface area contributed by atoms with E-state index in [0.29, 0.717) is 5.54 Å². The summed E-state index contributed by atoms with van der Waals surface area (Å²) in [6.07, 6.45) is 5.26. The molecular weight excluding hydrogens is 222 g/mol. The van der Waals surface area contributed by atoms with Crippen LogP contribution in [0.5, 0.6) is 0 Å². The Hall–Kier alpha value is -1.22. The van der Waals surface area contributed by atoms with Crippen molar-refractivity contribution in [3.8, 4) is 0 Å². The highest BCUT2D eigenvalue weighted by Gasteiger charge is 2.35. The lowest BCUT2D eigenvalue weighted by molar-refractivity contribution is 0.172. The van der Waals surface area contributed by atoms with E-state index in [9.17, 15) is 0 Å². The van der Waals surface area contributed by atoms with Gasteiger partial charge in [0.1, 0.15) is 0 Å². The molecule has 0 atom stereocenters. The quantitative estimate of drug-likeness (QED) is 0.804. The smallest absolute Gasteiger partial charge is 0.0375 e. The van der Waals surface area contributed by atoms with Crippen molar-refractivity contribution >= 4 is 11.4 Å². The van der Waals surface area contributed by atoms with E-state index in [1.165, 1.54) is 31.2 Å². The van der Waals surface area contributed by atoms with Gasteiger partial charge in [-0.2, -0.15) is 0 Å². The second kappa shape index (κ2) is 5.19. The maximum Gasteiger partial charge on any atom is 0.0375 e. The summed E-state index contributed by atoms with van der Waals surface area (Å²) in [7, 11) is 4.38. The van der Waals surface area contributed by atoms with Gasteiger partial charge in [0.2, 0.25) is 0 Å². The first-order valence-electron chi connectivity index (χ1n) is 6.80. The molecule has 0 aromatic heterocycles. The van der Waals surface area contributed by atoms with Crippen LogP contribution in [0.15, 0.2) is 18.2 Å². The fourth-order valence-electron chi connectivity index (χ4n) is 3.00. The number of likely N-dealkylation sites (N-methyl/N-ethyl adjacent to an activating group) is 1. The molecule has 3 N–H and O–H groups in total. The third-order valence-electron chi connectivity index (χ3n) is 4.20. The van der Waals surface area contributed by atoms with Crippen LogP contribution in [-0.2, 0) is 0 Å². The van der Waals surface area contributed by atoms with Crippen molar-refractivity contribution in [2.24, 2.45) is 0 Å². The maximum absolute atomic E-state index is 5.89. The Kier molecular flexibility index (Phi) is 3.81. The van der Waals surface area contributed by atoms with Gasteiger partial charge in [-0.1, -0.05) is 12.8 Å². The summed E-state index contributed by atoms with van der Waals surface area (Å²) in [6.45, 7) is 3.09. The summed E-state index contributed by atoms with van der Waals surface area (Å²) < 4.78 is 0. The molecule has 100 valence electrons. The number of hydrogen-bond donors (Lipinski definition) is 2. The van der Waals surface area contributed by atoms with Crippen molar-refractivity contribution in [3.05, 3.63) is 23.8 Å². The summed E-state index contributed by atoms with van der Waals surface area (Å²) in [4.78, 5) is 2.38. The van der Waals surface area contributed by atoms with Crippen LogP contribution in [0.4, 0.5) is 11.4 Å². The molecule has 1 aliphatic rings. The molecule has 0 amide bonds. The van der Waals surface area contributed by atoms with Crippen LogP contribution in [0.2, 0.25) is 0 Å². The topological polar surface area (TPSA) is 41.3 Å². The van der Waals surface area contributed by atoms with Gasteiger partial charge in [-0.3, -0.25) is 0 Å². The zero-order valence-corrected chi connectivity index (χ0v) is 11.8. The molecule has 0 aliphatic heterocycles. The number of nitrogens with zero attached hydrogens (tertiary/aromatic N) is 1. The first-order valence-corrected chi connectivity index (χ1v) is 6.80. The normalized spacial score (nSPS) is 18.2. The zero-order chi connectivity index (χ0) is 13.2. The van der Waals surface area contributed by atoms with E-state index in [0.717, 1.165) is 17.9 Å². The average molecular weight is 247 g/mol. The van der Waals surface area contributed by atoms with Gasteiger partial charge in [0.15, 0.2) is 0 Å². The summed E-state index contributed by atoms with van der Waals surface area (Å²) >= 11 is 0. The minimum atomic E-state index is 0.318. The number of nitrogens with one attached hydrogen (secondary N) is 1. The van der Waals surface area contributed by atoms with Crippen LogP contribution in [0, 0.1) is 6.92 Å². The third-order valence-corrected chi connectivity index (χ3v) is 4.20. The standard InChI is InChI=1S/C15H25N3/c1-12-8-13(16)10-14(9-12)17-11-15(18(2)3)6-4-5-7-15/h8-10,17H,4-7,11,16H2,1-3H3. The van der Waals surface area contributed by atoms with Gasteiger partial charge >= 0.3 is 0 Å². The summed E-state index contributed by atoms with van der Waals surface area (Å²) in [5.74, 6) is 0. The highest BCUT2D eigenvalue weighted by molar-refractivity contribution is 5.56. The van der Waals surface area contributed by atoms with Gasteiger partial charge in [-0.25, -0.2) is 0 Å². The lowest BCUT2D eigenvalue weighted by Gasteiger charge is -2.36.